The minimum Gasteiger partial charge on any atom is -0.508 e. The SMILES string of the molecule is CCN1C(=O)NC2(CCC3C4Cc5ccc(O)cc5C3(CCN4CC)C2)C1=O. The summed E-state index contributed by atoms with van der Waals surface area (Å²) in [7, 11) is 0. The maximum atomic E-state index is 13.2. The Morgan fingerprint density at radius 2 is 2.04 bits per heavy atom. The van der Waals surface area contributed by atoms with Crippen LogP contribution in [0.5, 0.6) is 5.75 Å². The predicted molar refractivity (Wildman–Crippen MR) is 105 cm³/mol. The van der Waals surface area contributed by atoms with Crippen LogP contribution in [0.25, 0.3) is 0 Å². The second kappa shape index (κ2) is 5.96. The van der Waals surface area contributed by atoms with E-state index in [9.17, 15) is 14.7 Å². The van der Waals surface area contributed by atoms with Crippen molar-refractivity contribution in [1.82, 2.24) is 15.1 Å². The molecule has 150 valence electrons. The fourth-order valence-corrected chi connectivity index (χ4v) is 6.81. The average molecular weight is 383 g/mol. The number of phenolic OH excluding ortho intramolecular Hbond substituents is 1. The van der Waals surface area contributed by atoms with Crippen LogP contribution in [-0.2, 0) is 16.6 Å². The quantitative estimate of drug-likeness (QED) is 0.769. The first-order chi connectivity index (χ1) is 13.4. The third-order valence-corrected chi connectivity index (χ3v) is 8.01. The van der Waals surface area contributed by atoms with Gasteiger partial charge in [-0.25, -0.2) is 4.79 Å². The highest BCUT2D eigenvalue weighted by Gasteiger charge is 2.63. The van der Waals surface area contributed by atoms with Crippen molar-refractivity contribution in [2.24, 2.45) is 5.92 Å². The first-order valence-corrected chi connectivity index (χ1v) is 10.6. The number of nitrogens with one attached hydrogen (secondary N) is 1. The first-order valence-electron chi connectivity index (χ1n) is 10.6. The number of benzene rings is 1. The molecule has 2 aliphatic heterocycles. The molecule has 6 nitrogen and oxygen atoms in total. The summed E-state index contributed by atoms with van der Waals surface area (Å²) in [5.41, 5.74) is 1.55. The van der Waals surface area contributed by atoms with Gasteiger partial charge >= 0.3 is 6.03 Å². The van der Waals surface area contributed by atoms with Crippen LogP contribution in [0.1, 0.15) is 50.7 Å². The fraction of sp³-hybridized carbons (Fsp3) is 0.636. The lowest BCUT2D eigenvalue weighted by Crippen LogP contribution is -2.66. The first kappa shape index (κ1) is 18.0. The number of carbonyl (C=O) groups is 2. The van der Waals surface area contributed by atoms with E-state index in [4.69, 9.17) is 0 Å². The standard InChI is InChI=1S/C22H29N3O3/c1-3-24-10-9-21-13-22(19(27)25(4-2)20(28)23-22)8-7-16(21)18(24)11-14-5-6-15(26)12-17(14)21/h5-6,12,16,18,26H,3-4,7-11,13H2,1-2H3,(H,23,28). The summed E-state index contributed by atoms with van der Waals surface area (Å²) in [6.45, 7) is 6.53. The molecule has 3 fully saturated rings. The van der Waals surface area contributed by atoms with E-state index in [2.05, 4.69) is 23.2 Å². The van der Waals surface area contributed by atoms with Gasteiger partial charge in [0.05, 0.1) is 0 Å². The van der Waals surface area contributed by atoms with E-state index >= 15 is 0 Å². The Labute approximate surface area is 165 Å². The third kappa shape index (κ3) is 2.18. The van der Waals surface area contributed by atoms with E-state index in [-0.39, 0.29) is 17.4 Å². The van der Waals surface area contributed by atoms with Gasteiger partial charge in [-0.15, -0.1) is 0 Å². The molecule has 2 aliphatic carbocycles. The monoisotopic (exact) mass is 383 g/mol. The van der Waals surface area contributed by atoms with Crippen molar-refractivity contribution in [2.45, 2.75) is 62.9 Å². The van der Waals surface area contributed by atoms with Gasteiger partial charge in [-0.1, -0.05) is 13.0 Å². The van der Waals surface area contributed by atoms with E-state index in [1.54, 1.807) is 6.07 Å². The number of hydrogen-bond acceptors (Lipinski definition) is 4. The Morgan fingerprint density at radius 3 is 2.75 bits per heavy atom. The van der Waals surface area contributed by atoms with Crippen molar-refractivity contribution in [3.8, 4) is 5.75 Å². The lowest BCUT2D eigenvalue weighted by molar-refractivity contribution is -0.136. The molecule has 0 aromatic heterocycles. The predicted octanol–water partition coefficient (Wildman–Crippen LogP) is 2.39. The molecule has 28 heavy (non-hydrogen) atoms. The summed E-state index contributed by atoms with van der Waals surface area (Å²) in [6, 6.07) is 5.99. The number of aromatic hydroxyl groups is 1. The molecule has 6 heteroatoms. The number of carbonyl (C=O) groups excluding carboxylic acids is 2. The number of likely N-dealkylation sites (N-methyl/N-ethyl adjacent to an activating group) is 2. The topological polar surface area (TPSA) is 72.9 Å². The van der Waals surface area contributed by atoms with E-state index in [0.717, 1.165) is 32.4 Å². The van der Waals surface area contributed by atoms with Crippen LogP contribution in [0.4, 0.5) is 4.79 Å². The molecular formula is C22H29N3O3. The molecule has 1 spiro atoms. The summed E-state index contributed by atoms with van der Waals surface area (Å²) < 4.78 is 0. The molecule has 4 unspecified atom stereocenters. The van der Waals surface area contributed by atoms with Crippen molar-refractivity contribution in [1.29, 1.82) is 0 Å². The van der Waals surface area contributed by atoms with E-state index < -0.39 is 5.54 Å². The molecule has 3 amide bonds. The number of urea groups is 1. The molecule has 4 atom stereocenters. The zero-order valence-electron chi connectivity index (χ0n) is 16.7. The van der Waals surface area contributed by atoms with Gasteiger partial charge in [0.25, 0.3) is 5.91 Å². The van der Waals surface area contributed by atoms with E-state index in [0.29, 0.717) is 37.1 Å². The van der Waals surface area contributed by atoms with Crippen molar-refractivity contribution in [3.05, 3.63) is 29.3 Å². The second-order valence-electron chi connectivity index (χ2n) is 9.03. The lowest BCUT2D eigenvalue weighted by Gasteiger charge is -2.61. The smallest absolute Gasteiger partial charge is 0.325 e. The van der Waals surface area contributed by atoms with Gasteiger partial charge in [0.2, 0.25) is 0 Å². The van der Waals surface area contributed by atoms with E-state index in [1.165, 1.54) is 16.0 Å². The van der Waals surface area contributed by atoms with Gasteiger partial charge in [-0.05, 0) is 81.3 Å². The van der Waals surface area contributed by atoms with Crippen LogP contribution in [0, 0.1) is 5.92 Å². The van der Waals surface area contributed by atoms with E-state index in [1.807, 2.05) is 13.0 Å². The maximum Gasteiger partial charge on any atom is 0.325 e. The van der Waals surface area contributed by atoms with Crippen molar-refractivity contribution >= 4 is 11.9 Å². The summed E-state index contributed by atoms with van der Waals surface area (Å²) >= 11 is 0. The maximum absolute atomic E-state index is 13.2. The molecule has 1 aromatic carbocycles. The van der Waals surface area contributed by atoms with Gasteiger partial charge in [-0.3, -0.25) is 14.6 Å². The fourth-order valence-electron chi connectivity index (χ4n) is 6.81. The molecule has 2 heterocycles. The molecule has 0 radical (unpaired) electrons. The average Bonchev–Trinajstić information content (AvgIpc) is 2.91. The lowest BCUT2D eigenvalue weighted by atomic mass is 9.49. The molecule has 2 N–H and O–H groups in total. The molecule has 1 saturated carbocycles. The number of nitrogens with zero attached hydrogens (tertiary/aromatic N) is 2. The number of piperidine rings is 1. The third-order valence-electron chi connectivity index (χ3n) is 8.01. The second-order valence-corrected chi connectivity index (χ2v) is 9.03. The van der Waals surface area contributed by atoms with Crippen LogP contribution in [0.15, 0.2) is 18.2 Å². The Bertz CT molecular complexity index is 855. The summed E-state index contributed by atoms with van der Waals surface area (Å²) in [5, 5.41) is 13.3. The van der Waals surface area contributed by atoms with Crippen LogP contribution in [0.2, 0.25) is 0 Å². The summed E-state index contributed by atoms with van der Waals surface area (Å²) in [6.07, 6.45) is 4.26. The van der Waals surface area contributed by atoms with Gasteiger partial charge in [0.1, 0.15) is 11.3 Å². The van der Waals surface area contributed by atoms with Gasteiger partial charge in [-0.2, -0.15) is 0 Å². The Hall–Kier alpha value is -2.08. The zero-order chi connectivity index (χ0) is 19.7. The number of rotatable bonds is 2. The highest BCUT2D eigenvalue weighted by molar-refractivity contribution is 6.07. The van der Waals surface area contributed by atoms with Crippen molar-refractivity contribution < 1.29 is 14.7 Å². The zero-order valence-corrected chi connectivity index (χ0v) is 16.7. The molecule has 5 rings (SSSR count). The normalized spacial score (nSPS) is 37.0. The van der Waals surface area contributed by atoms with Crippen LogP contribution in [-0.4, -0.2) is 58.1 Å². The molecule has 2 bridgehead atoms. The van der Waals surface area contributed by atoms with Crippen LogP contribution in [0.3, 0.4) is 0 Å². The molecule has 2 saturated heterocycles. The number of phenols is 1. The largest absolute Gasteiger partial charge is 0.508 e. The number of fused-ring (bicyclic) bond motifs is 1. The highest BCUT2D eigenvalue weighted by atomic mass is 16.3. The highest BCUT2D eigenvalue weighted by Crippen LogP contribution is 2.59. The number of likely N-dealkylation sites (tertiary alicyclic amines) is 1. The van der Waals surface area contributed by atoms with Gasteiger partial charge in [0, 0.05) is 18.0 Å². The molecule has 1 aromatic rings. The number of hydrogen-bond donors (Lipinski definition) is 2. The van der Waals surface area contributed by atoms with Crippen LogP contribution < -0.4 is 5.32 Å². The van der Waals surface area contributed by atoms with Crippen molar-refractivity contribution in [3.63, 3.8) is 0 Å². The Morgan fingerprint density at radius 1 is 1.21 bits per heavy atom. The number of amides is 3. The minimum atomic E-state index is -0.789. The summed E-state index contributed by atoms with van der Waals surface area (Å²) in [5.74, 6) is 0.691. The molecular weight excluding hydrogens is 354 g/mol. The number of imide groups is 1. The van der Waals surface area contributed by atoms with Crippen LogP contribution >= 0.6 is 0 Å². The Kier molecular flexibility index (Phi) is 3.83. The summed E-state index contributed by atoms with van der Waals surface area (Å²) in [4.78, 5) is 29.7. The Balaban J connectivity index is 1.63. The van der Waals surface area contributed by atoms with Crippen molar-refractivity contribution in [2.75, 3.05) is 19.6 Å². The minimum absolute atomic E-state index is 0.0606. The molecule has 4 aliphatic rings. The van der Waals surface area contributed by atoms with Gasteiger partial charge in [0.15, 0.2) is 0 Å². The van der Waals surface area contributed by atoms with Gasteiger partial charge < -0.3 is 10.4 Å².